The van der Waals surface area contributed by atoms with E-state index < -0.39 is 17.4 Å². The van der Waals surface area contributed by atoms with Crippen molar-refractivity contribution in [2.75, 3.05) is 18.1 Å². The zero-order valence-corrected chi connectivity index (χ0v) is 14.8. The highest BCUT2D eigenvalue weighted by molar-refractivity contribution is 5.68. The molecule has 2 rings (SSSR count). The van der Waals surface area contributed by atoms with Gasteiger partial charge in [0.05, 0.1) is 18.0 Å². The van der Waals surface area contributed by atoms with Crippen LogP contribution in [0.4, 0.5) is 20.2 Å². The summed E-state index contributed by atoms with van der Waals surface area (Å²) in [5.74, 6) is -2.31. The molecule has 0 aliphatic heterocycles. The van der Waals surface area contributed by atoms with E-state index in [0.29, 0.717) is 5.56 Å². The van der Waals surface area contributed by atoms with Gasteiger partial charge in [0.25, 0.3) is 0 Å². The Hall–Kier alpha value is -1.78. The minimum Gasteiger partial charge on any atom is -0.487 e. The minimum absolute atomic E-state index is 0.121. The molecule has 3 nitrogen and oxygen atoms in total. The maximum absolute atomic E-state index is 14.5. The Bertz CT molecular complexity index is 599. The third-order valence-electron chi connectivity index (χ3n) is 4.83. The van der Waals surface area contributed by atoms with E-state index in [0.717, 1.165) is 32.1 Å². The van der Waals surface area contributed by atoms with Crippen LogP contribution < -0.4 is 16.2 Å². The molecule has 1 aliphatic rings. The van der Waals surface area contributed by atoms with Gasteiger partial charge in [-0.3, -0.25) is 0 Å². The van der Waals surface area contributed by atoms with E-state index in [1.165, 1.54) is 0 Å². The number of rotatable bonds is 4. The molecule has 0 heterocycles. The van der Waals surface area contributed by atoms with Crippen molar-refractivity contribution in [2.24, 2.45) is 5.41 Å². The first-order valence-corrected chi connectivity index (χ1v) is 8.60. The van der Waals surface area contributed by atoms with Crippen molar-refractivity contribution in [3.63, 3.8) is 0 Å². The van der Waals surface area contributed by atoms with Gasteiger partial charge in [0.2, 0.25) is 0 Å². The molecule has 0 saturated carbocycles. The Morgan fingerprint density at radius 2 is 1.67 bits per heavy atom. The van der Waals surface area contributed by atoms with Crippen LogP contribution in [0, 0.1) is 17.0 Å². The first-order chi connectivity index (χ1) is 11.3. The standard InChI is InChI=1S/C19H28F2N2O/c1-12(2)13-16(22)14(20)18(15(21)17(13)23)24-11-19(3)9-7-5-4-6-8-10-19/h4-5,12H,6-11,22-23H2,1-3H3/b5-4-. The fraction of sp³-hybridized carbons (Fsp3) is 0.579. The quantitative estimate of drug-likeness (QED) is 0.589. The van der Waals surface area contributed by atoms with Crippen molar-refractivity contribution in [3.8, 4) is 5.75 Å². The summed E-state index contributed by atoms with van der Waals surface area (Å²) in [4.78, 5) is 0. The molecule has 0 bridgehead atoms. The van der Waals surface area contributed by atoms with Gasteiger partial charge >= 0.3 is 0 Å². The van der Waals surface area contributed by atoms with E-state index in [9.17, 15) is 8.78 Å². The Morgan fingerprint density at radius 3 is 2.25 bits per heavy atom. The number of ether oxygens (including phenoxy) is 1. The van der Waals surface area contributed by atoms with E-state index >= 15 is 0 Å². The number of allylic oxidation sites excluding steroid dienone is 2. The van der Waals surface area contributed by atoms with Crippen LogP contribution in [0.2, 0.25) is 0 Å². The third kappa shape index (κ3) is 3.82. The highest BCUT2D eigenvalue weighted by Gasteiger charge is 2.29. The number of benzene rings is 1. The van der Waals surface area contributed by atoms with E-state index in [4.69, 9.17) is 16.2 Å². The predicted octanol–water partition coefficient (Wildman–Crippen LogP) is 5.16. The van der Waals surface area contributed by atoms with Crippen LogP contribution in [0.15, 0.2) is 12.2 Å². The molecule has 0 saturated heterocycles. The maximum atomic E-state index is 14.5. The van der Waals surface area contributed by atoms with Crippen LogP contribution in [0.3, 0.4) is 0 Å². The molecule has 1 unspecified atom stereocenters. The number of nitrogens with two attached hydrogens (primary N) is 2. The highest BCUT2D eigenvalue weighted by Crippen LogP contribution is 2.40. The molecule has 1 aromatic rings. The summed E-state index contributed by atoms with van der Waals surface area (Å²) in [5.41, 5.74) is 11.6. The predicted molar refractivity (Wildman–Crippen MR) is 95.1 cm³/mol. The first-order valence-electron chi connectivity index (χ1n) is 8.60. The van der Waals surface area contributed by atoms with Crippen molar-refractivity contribution in [3.05, 3.63) is 29.3 Å². The van der Waals surface area contributed by atoms with E-state index in [2.05, 4.69) is 19.1 Å². The Morgan fingerprint density at radius 1 is 1.08 bits per heavy atom. The van der Waals surface area contributed by atoms with Gasteiger partial charge in [-0.25, -0.2) is 8.78 Å². The lowest BCUT2D eigenvalue weighted by molar-refractivity contribution is 0.130. The largest absolute Gasteiger partial charge is 0.487 e. The molecule has 0 radical (unpaired) electrons. The number of hydrogen-bond acceptors (Lipinski definition) is 3. The van der Waals surface area contributed by atoms with E-state index in [1.807, 2.05) is 0 Å². The van der Waals surface area contributed by atoms with Crippen molar-refractivity contribution in [1.29, 1.82) is 0 Å². The fourth-order valence-electron chi connectivity index (χ4n) is 3.30. The van der Waals surface area contributed by atoms with Crippen LogP contribution in [0.1, 0.15) is 64.4 Å². The van der Waals surface area contributed by atoms with Crippen molar-refractivity contribution >= 4 is 11.4 Å². The molecule has 0 fully saturated rings. The van der Waals surface area contributed by atoms with Gasteiger partial charge in [0, 0.05) is 11.0 Å². The second-order valence-corrected chi connectivity index (χ2v) is 7.35. The first kappa shape index (κ1) is 18.6. The SMILES string of the molecule is CC(C)c1c(N)c(F)c(OCC2(C)CC/C=C\CCC2)c(F)c1N. The van der Waals surface area contributed by atoms with Crippen molar-refractivity contribution in [1.82, 2.24) is 0 Å². The monoisotopic (exact) mass is 338 g/mol. The summed E-state index contributed by atoms with van der Waals surface area (Å²) >= 11 is 0. The van der Waals surface area contributed by atoms with Crippen LogP contribution >= 0.6 is 0 Å². The van der Waals surface area contributed by atoms with Gasteiger partial charge in [-0.2, -0.15) is 0 Å². The van der Waals surface area contributed by atoms with E-state index in [-0.39, 0.29) is 29.3 Å². The molecular weight excluding hydrogens is 310 g/mol. The average molecular weight is 338 g/mol. The van der Waals surface area contributed by atoms with Crippen LogP contribution in [0.25, 0.3) is 0 Å². The van der Waals surface area contributed by atoms with E-state index in [1.54, 1.807) is 13.8 Å². The Kier molecular flexibility index (Phi) is 5.73. The lowest BCUT2D eigenvalue weighted by atomic mass is 9.80. The number of halogens is 2. The van der Waals surface area contributed by atoms with Crippen LogP contribution in [0.5, 0.6) is 5.75 Å². The third-order valence-corrected chi connectivity index (χ3v) is 4.83. The highest BCUT2D eigenvalue weighted by atomic mass is 19.1. The molecule has 1 aliphatic carbocycles. The van der Waals surface area contributed by atoms with Gasteiger partial charge in [-0.15, -0.1) is 0 Å². The summed E-state index contributed by atoms with van der Waals surface area (Å²) in [6.45, 7) is 5.93. The maximum Gasteiger partial charge on any atom is 0.195 e. The van der Waals surface area contributed by atoms with Gasteiger partial charge < -0.3 is 16.2 Å². The number of nitrogen functional groups attached to an aromatic ring is 2. The Labute approximate surface area is 143 Å². The minimum atomic E-state index is -0.847. The normalized spacial score (nSPS) is 22.9. The lowest BCUT2D eigenvalue weighted by Crippen LogP contribution is -2.26. The van der Waals surface area contributed by atoms with Crippen molar-refractivity contribution in [2.45, 2.75) is 58.8 Å². The molecule has 1 atom stereocenters. The second-order valence-electron chi connectivity index (χ2n) is 7.35. The average Bonchev–Trinajstić information content (AvgIpc) is 2.49. The molecule has 5 heteroatoms. The number of anilines is 2. The summed E-state index contributed by atoms with van der Waals surface area (Å²) in [6.07, 6.45) is 9.23. The second kappa shape index (κ2) is 7.41. The molecule has 4 N–H and O–H groups in total. The molecule has 0 amide bonds. The molecule has 0 spiro atoms. The topological polar surface area (TPSA) is 61.3 Å². The Balaban J connectivity index is 2.25. The fourth-order valence-corrected chi connectivity index (χ4v) is 3.30. The van der Waals surface area contributed by atoms with Gasteiger partial charge in [0.15, 0.2) is 17.4 Å². The van der Waals surface area contributed by atoms with Crippen molar-refractivity contribution < 1.29 is 13.5 Å². The van der Waals surface area contributed by atoms with Gasteiger partial charge in [0.1, 0.15) is 0 Å². The molecule has 0 aromatic heterocycles. The number of hydrogen-bond donors (Lipinski definition) is 2. The summed E-state index contributed by atoms with van der Waals surface area (Å²) in [6, 6.07) is 0. The van der Waals surface area contributed by atoms with Crippen LogP contribution in [-0.4, -0.2) is 6.61 Å². The zero-order chi connectivity index (χ0) is 17.9. The molecular formula is C19H28F2N2O. The zero-order valence-electron chi connectivity index (χ0n) is 14.8. The molecule has 134 valence electrons. The lowest BCUT2D eigenvalue weighted by Gasteiger charge is -2.30. The van der Waals surface area contributed by atoms with Gasteiger partial charge in [-0.1, -0.05) is 32.9 Å². The molecule has 24 heavy (non-hydrogen) atoms. The summed E-state index contributed by atoms with van der Waals surface area (Å²) in [5, 5.41) is 0. The van der Waals surface area contributed by atoms with Gasteiger partial charge in [-0.05, 0) is 38.0 Å². The summed E-state index contributed by atoms with van der Waals surface area (Å²) < 4.78 is 34.6. The smallest absolute Gasteiger partial charge is 0.195 e. The molecule has 1 aromatic carbocycles. The summed E-state index contributed by atoms with van der Waals surface area (Å²) in [7, 11) is 0. The van der Waals surface area contributed by atoms with Crippen LogP contribution in [-0.2, 0) is 0 Å².